The molecule has 158 valence electrons. The summed E-state index contributed by atoms with van der Waals surface area (Å²) in [5, 5.41) is 21.8. The molecule has 3 N–H and O–H groups in total. The highest BCUT2D eigenvalue weighted by Crippen LogP contribution is 2.21. The average Bonchev–Trinajstić information content (AvgIpc) is 3.31. The van der Waals surface area contributed by atoms with Crippen molar-refractivity contribution < 1.29 is 15.0 Å². The van der Waals surface area contributed by atoms with Crippen molar-refractivity contribution >= 4 is 5.97 Å². The zero-order valence-electron chi connectivity index (χ0n) is 17.1. The molecule has 0 amide bonds. The topological polar surface area (TPSA) is 74.5 Å². The number of hydrogen-bond acceptors (Lipinski definition) is 3. The molecule has 4 aromatic rings. The van der Waals surface area contributed by atoms with E-state index in [9.17, 15) is 9.90 Å². The van der Waals surface area contributed by atoms with Crippen LogP contribution < -0.4 is 5.32 Å². The van der Waals surface area contributed by atoms with Crippen molar-refractivity contribution in [2.75, 3.05) is 0 Å². The number of carboxylic acids is 1. The van der Waals surface area contributed by atoms with Crippen molar-refractivity contribution in [3.05, 3.63) is 126 Å². The lowest BCUT2D eigenvalue weighted by molar-refractivity contribution is -0.139. The van der Waals surface area contributed by atoms with Crippen LogP contribution in [0.3, 0.4) is 0 Å². The normalized spacial score (nSPS) is 11.2. The Morgan fingerprint density at radius 2 is 1.23 bits per heavy atom. The quantitative estimate of drug-likeness (QED) is 0.404. The monoisotopic (exact) mass is 414 g/mol. The van der Waals surface area contributed by atoms with Gasteiger partial charge in [-0.1, -0.05) is 72.8 Å². The number of aromatic nitrogens is 1. The van der Waals surface area contributed by atoms with E-state index in [0.717, 1.165) is 13.1 Å². The van der Waals surface area contributed by atoms with Crippen LogP contribution in [0.25, 0.3) is 0 Å². The number of benzene rings is 3. The largest absolute Gasteiger partial charge is 0.508 e. The van der Waals surface area contributed by atoms with E-state index in [1.165, 1.54) is 23.3 Å². The van der Waals surface area contributed by atoms with Gasteiger partial charge in [0, 0.05) is 25.5 Å². The van der Waals surface area contributed by atoms with Gasteiger partial charge in [-0.3, -0.25) is 0 Å². The van der Waals surface area contributed by atoms with Gasteiger partial charge in [-0.2, -0.15) is 0 Å². The van der Waals surface area contributed by atoms with Crippen molar-refractivity contribution in [1.82, 2.24) is 9.88 Å². The maximum absolute atomic E-state index is 11.2. The number of aromatic hydroxyl groups is 1. The molecule has 5 nitrogen and oxygen atoms in total. The minimum Gasteiger partial charge on any atom is -0.508 e. The zero-order valence-corrected chi connectivity index (χ0v) is 17.1. The highest BCUT2D eigenvalue weighted by Gasteiger charge is 2.20. The summed E-state index contributed by atoms with van der Waals surface area (Å²) in [4.78, 5) is 11.2. The first-order valence-corrected chi connectivity index (χ1v) is 10.1. The van der Waals surface area contributed by atoms with Gasteiger partial charge >= 0.3 is 5.97 Å². The van der Waals surface area contributed by atoms with Crippen LogP contribution >= 0.6 is 0 Å². The Kier molecular flexibility index (Phi) is 8.03. The number of nitrogens with one attached hydrogen (secondary N) is 1. The zero-order chi connectivity index (χ0) is 21.9. The first kappa shape index (κ1) is 21.9. The van der Waals surface area contributed by atoms with Crippen LogP contribution in [0.5, 0.6) is 5.75 Å². The molecule has 1 heterocycles. The number of rotatable bonds is 7. The first-order chi connectivity index (χ1) is 15.1. The molecule has 0 fully saturated rings. The molecule has 31 heavy (non-hydrogen) atoms. The second-order valence-electron chi connectivity index (χ2n) is 7.04. The third kappa shape index (κ3) is 6.87. The summed E-state index contributed by atoms with van der Waals surface area (Å²) in [6.45, 7) is 1.85. The van der Waals surface area contributed by atoms with Crippen LogP contribution in [0, 0.1) is 0 Å². The molecule has 0 aliphatic heterocycles. The molecule has 1 atom stereocenters. The van der Waals surface area contributed by atoms with Gasteiger partial charge in [0.25, 0.3) is 0 Å². The van der Waals surface area contributed by atoms with E-state index in [-0.39, 0.29) is 5.75 Å². The minimum atomic E-state index is -0.929. The molecule has 1 unspecified atom stereocenters. The third-order valence-corrected chi connectivity index (χ3v) is 4.71. The standard InChI is InChI=1S/C14H15N.C12H11NO3/c1-3-7-13(8-4-1)11-15-12-14-9-5-2-6-10-14;14-10-5-3-9(4-6-10)11(12(15)16)13-7-1-2-8-13/h1-10,15H,11-12H2;1-8,11,14H,(H,15,16). The Bertz CT molecular complexity index is 992. The number of nitrogens with zero attached hydrogens (tertiary/aromatic N) is 1. The second-order valence-corrected chi connectivity index (χ2v) is 7.04. The minimum absolute atomic E-state index is 0.125. The van der Waals surface area contributed by atoms with Gasteiger partial charge in [-0.05, 0) is 41.0 Å². The fraction of sp³-hybridized carbons (Fsp3) is 0.115. The molecular weight excluding hydrogens is 388 g/mol. The predicted octanol–water partition coefficient (Wildman–Crippen LogP) is 4.84. The smallest absolute Gasteiger partial charge is 0.331 e. The molecule has 1 aromatic heterocycles. The van der Waals surface area contributed by atoms with Crippen molar-refractivity contribution in [2.45, 2.75) is 19.1 Å². The lowest BCUT2D eigenvalue weighted by Crippen LogP contribution is -2.18. The molecule has 4 rings (SSSR count). The van der Waals surface area contributed by atoms with E-state index in [1.54, 1.807) is 41.2 Å². The Hall–Kier alpha value is -3.83. The van der Waals surface area contributed by atoms with Gasteiger partial charge in [0.15, 0.2) is 6.04 Å². The molecular formula is C26H26N2O3. The molecule has 0 aliphatic rings. The van der Waals surface area contributed by atoms with Crippen molar-refractivity contribution in [2.24, 2.45) is 0 Å². The Morgan fingerprint density at radius 3 is 1.68 bits per heavy atom. The summed E-state index contributed by atoms with van der Waals surface area (Å²) >= 11 is 0. The summed E-state index contributed by atoms with van der Waals surface area (Å²) in [6.07, 6.45) is 3.40. The molecule has 3 aromatic carbocycles. The molecule has 0 aliphatic carbocycles. The van der Waals surface area contributed by atoms with E-state index in [1.807, 2.05) is 12.1 Å². The van der Waals surface area contributed by atoms with E-state index in [2.05, 4.69) is 53.8 Å². The van der Waals surface area contributed by atoms with E-state index < -0.39 is 12.0 Å². The number of carbonyl (C=O) groups is 1. The number of phenols is 1. The van der Waals surface area contributed by atoms with Crippen LogP contribution in [0.2, 0.25) is 0 Å². The summed E-state index contributed by atoms with van der Waals surface area (Å²) in [5.74, 6) is -0.803. The summed E-state index contributed by atoms with van der Waals surface area (Å²) in [5.41, 5.74) is 3.28. The van der Waals surface area contributed by atoms with Crippen molar-refractivity contribution in [3.8, 4) is 5.75 Å². The Morgan fingerprint density at radius 1 is 0.742 bits per heavy atom. The van der Waals surface area contributed by atoms with Crippen LogP contribution in [0.1, 0.15) is 22.7 Å². The SMILES string of the molecule is O=C(O)C(c1ccc(O)cc1)n1cccc1.c1ccc(CNCc2ccccc2)cc1. The van der Waals surface area contributed by atoms with Gasteiger partial charge in [0.2, 0.25) is 0 Å². The Labute approximate surface area is 182 Å². The molecule has 5 heteroatoms. The predicted molar refractivity (Wildman–Crippen MR) is 122 cm³/mol. The van der Waals surface area contributed by atoms with Crippen LogP contribution in [-0.2, 0) is 17.9 Å². The van der Waals surface area contributed by atoms with Gasteiger partial charge in [0.1, 0.15) is 5.75 Å². The van der Waals surface area contributed by atoms with Crippen LogP contribution in [0.15, 0.2) is 109 Å². The van der Waals surface area contributed by atoms with E-state index in [0.29, 0.717) is 5.56 Å². The summed E-state index contributed by atoms with van der Waals surface area (Å²) in [7, 11) is 0. The van der Waals surface area contributed by atoms with Crippen molar-refractivity contribution in [3.63, 3.8) is 0 Å². The number of aliphatic carboxylic acids is 1. The number of hydrogen-bond donors (Lipinski definition) is 3. The van der Waals surface area contributed by atoms with Gasteiger partial charge < -0.3 is 20.1 Å². The van der Waals surface area contributed by atoms with Crippen molar-refractivity contribution in [1.29, 1.82) is 0 Å². The number of phenolic OH excluding ortho intramolecular Hbond substituents is 1. The summed E-state index contributed by atoms with van der Waals surface area (Å²) < 4.78 is 1.61. The second kappa shape index (κ2) is 11.4. The molecule has 0 saturated carbocycles. The molecule has 0 saturated heterocycles. The van der Waals surface area contributed by atoms with E-state index in [4.69, 9.17) is 5.11 Å². The highest BCUT2D eigenvalue weighted by molar-refractivity contribution is 5.76. The summed E-state index contributed by atoms with van der Waals surface area (Å²) in [6, 6.07) is 29.9. The van der Waals surface area contributed by atoms with Crippen LogP contribution in [-0.4, -0.2) is 20.7 Å². The average molecular weight is 415 g/mol. The van der Waals surface area contributed by atoms with Gasteiger partial charge in [-0.25, -0.2) is 4.79 Å². The molecule has 0 radical (unpaired) electrons. The Balaban J connectivity index is 0.000000176. The number of carboxylic acid groups (broad SMARTS) is 1. The fourth-order valence-corrected chi connectivity index (χ4v) is 3.16. The maximum Gasteiger partial charge on any atom is 0.331 e. The van der Waals surface area contributed by atoms with Gasteiger partial charge in [-0.15, -0.1) is 0 Å². The maximum atomic E-state index is 11.2. The first-order valence-electron chi connectivity index (χ1n) is 10.1. The lowest BCUT2D eigenvalue weighted by Gasteiger charge is -2.14. The molecule has 0 spiro atoms. The molecule has 0 bridgehead atoms. The fourth-order valence-electron chi connectivity index (χ4n) is 3.16. The van der Waals surface area contributed by atoms with E-state index >= 15 is 0 Å². The van der Waals surface area contributed by atoms with Crippen LogP contribution in [0.4, 0.5) is 0 Å². The van der Waals surface area contributed by atoms with Gasteiger partial charge in [0.05, 0.1) is 0 Å². The lowest BCUT2D eigenvalue weighted by atomic mass is 10.1. The third-order valence-electron chi connectivity index (χ3n) is 4.71. The highest BCUT2D eigenvalue weighted by atomic mass is 16.4.